The largest absolute Gasteiger partial charge is 0.416 e. The van der Waals surface area contributed by atoms with Gasteiger partial charge in [-0.2, -0.15) is 13.2 Å². The molecular weight excluding hydrogens is 365 g/mol. The first-order chi connectivity index (χ1) is 13.4. The molecule has 0 aliphatic carbocycles. The molecule has 0 atom stereocenters. The van der Waals surface area contributed by atoms with Crippen molar-refractivity contribution in [1.82, 2.24) is 5.32 Å². The van der Waals surface area contributed by atoms with Gasteiger partial charge in [0, 0.05) is 24.3 Å². The third-order valence-corrected chi connectivity index (χ3v) is 4.79. The van der Waals surface area contributed by atoms with Gasteiger partial charge in [-0.3, -0.25) is 4.79 Å². The standard InChI is InChI=1S/C22H17F3N2O/c23-22(24,25)17-8-5-14(6-9-17)19-3-1-2-4-20(19)21(28)27-18-10-7-15-12-26-13-16(15)11-18/h1-11,26H,12-13H2,(H,27,28). The van der Waals surface area contributed by atoms with Crippen molar-refractivity contribution in [1.29, 1.82) is 0 Å². The van der Waals surface area contributed by atoms with Crippen LogP contribution in [0, 0.1) is 0 Å². The summed E-state index contributed by atoms with van der Waals surface area (Å²) in [5, 5.41) is 6.14. The van der Waals surface area contributed by atoms with Crippen LogP contribution in [0.4, 0.5) is 18.9 Å². The second-order valence-electron chi connectivity index (χ2n) is 6.66. The van der Waals surface area contributed by atoms with Gasteiger partial charge in [-0.1, -0.05) is 36.4 Å². The van der Waals surface area contributed by atoms with Crippen LogP contribution in [0.1, 0.15) is 27.0 Å². The Bertz CT molecular complexity index is 1030. The van der Waals surface area contributed by atoms with Crippen LogP contribution in [0.25, 0.3) is 11.1 Å². The van der Waals surface area contributed by atoms with Gasteiger partial charge in [0.2, 0.25) is 0 Å². The van der Waals surface area contributed by atoms with Gasteiger partial charge in [0.05, 0.1) is 5.56 Å². The van der Waals surface area contributed by atoms with Crippen LogP contribution >= 0.6 is 0 Å². The lowest BCUT2D eigenvalue weighted by atomic mass is 9.98. The molecule has 1 heterocycles. The minimum atomic E-state index is -4.39. The summed E-state index contributed by atoms with van der Waals surface area (Å²) in [6, 6.07) is 17.5. The summed E-state index contributed by atoms with van der Waals surface area (Å²) in [4.78, 5) is 12.8. The third-order valence-electron chi connectivity index (χ3n) is 4.79. The molecule has 6 heteroatoms. The molecule has 1 amide bonds. The smallest absolute Gasteiger partial charge is 0.322 e. The SMILES string of the molecule is O=C(Nc1ccc2c(c1)CNC2)c1ccccc1-c1ccc(C(F)(F)F)cc1. The number of hydrogen-bond donors (Lipinski definition) is 2. The number of carbonyl (C=O) groups excluding carboxylic acids is 1. The first-order valence-electron chi connectivity index (χ1n) is 8.82. The molecule has 28 heavy (non-hydrogen) atoms. The molecule has 3 aromatic carbocycles. The van der Waals surface area contributed by atoms with Gasteiger partial charge in [0.1, 0.15) is 0 Å². The Morgan fingerprint density at radius 2 is 1.61 bits per heavy atom. The molecule has 3 nitrogen and oxygen atoms in total. The number of benzene rings is 3. The lowest BCUT2D eigenvalue weighted by Gasteiger charge is -2.12. The maximum Gasteiger partial charge on any atom is 0.416 e. The highest BCUT2D eigenvalue weighted by Gasteiger charge is 2.30. The highest BCUT2D eigenvalue weighted by Crippen LogP contribution is 2.32. The van der Waals surface area contributed by atoms with Crippen LogP contribution in [0.2, 0.25) is 0 Å². The molecule has 3 aromatic rings. The van der Waals surface area contributed by atoms with E-state index in [1.807, 2.05) is 18.2 Å². The van der Waals surface area contributed by atoms with Crippen LogP contribution in [0.15, 0.2) is 66.7 Å². The van der Waals surface area contributed by atoms with E-state index in [1.54, 1.807) is 24.3 Å². The first kappa shape index (κ1) is 18.3. The summed E-state index contributed by atoms with van der Waals surface area (Å²) >= 11 is 0. The summed E-state index contributed by atoms with van der Waals surface area (Å²) in [7, 11) is 0. The number of halogens is 3. The molecule has 1 aliphatic rings. The lowest BCUT2D eigenvalue weighted by molar-refractivity contribution is -0.137. The molecule has 0 bridgehead atoms. The molecule has 0 fully saturated rings. The Morgan fingerprint density at radius 1 is 0.893 bits per heavy atom. The zero-order valence-electron chi connectivity index (χ0n) is 14.8. The Kier molecular flexibility index (Phi) is 4.65. The van der Waals surface area contributed by atoms with Crippen molar-refractivity contribution in [2.45, 2.75) is 19.3 Å². The topological polar surface area (TPSA) is 41.1 Å². The highest BCUT2D eigenvalue weighted by atomic mass is 19.4. The average Bonchev–Trinajstić information content (AvgIpc) is 3.15. The summed E-state index contributed by atoms with van der Waals surface area (Å²) < 4.78 is 38.4. The van der Waals surface area contributed by atoms with E-state index in [1.165, 1.54) is 17.7 Å². The zero-order valence-corrected chi connectivity index (χ0v) is 14.8. The molecule has 0 spiro atoms. The zero-order chi connectivity index (χ0) is 19.7. The van der Waals surface area contributed by atoms with E-state index in [4.69, 9.17) is 0 Å². The molecule has 0 saturated heterocycles. The summed E-state index contributed by atoms with van der Waals surface area (Å²) in [6.07, 6.45) is -4.39. The number of rotatable bonds is 3. The van der Waals surface area contributed by atoms with E-state index >= 15 is 0 Å². The first-order valence-corrected chi connectivity index (χ1v) is 8.82. The van der Waals surface area contributed by atoms with Crippen molar-refractivity contribution in [3.8, 4) is 11.1 Å². The van der Waals surface area contributed by atoms with E-state index in [-0.39, 0.29) is 5.91 Å². The fourth-order valence-electron chi connectivity index (χ4n) is 3.34. The maximum atomic E-state index is 12.8. The van der Waals surface area contributed by atoms with Crippen LogP contribution in [-0.2, 0) is 19.3 Å². The number of anilines is 1. The second-order valence-corrected chi connectivity index (χ2v) is 6.66. The fourth-order valence-corrected chi connectivity index (χ4v) is 3.34. The molecule has 0 unspecified atom stereocenters. The molecule has 2 N–H and O–H groups in total. The predicted molar refractivity (Wildman–Crippen MR) is 102 cm³/mol. The number of alkyl halides is 3. The van der Waals surface area contributed by atoms with E-state index in [2.05, 4.69) is 10.6 Å². The van der Waals surface area contributed by atoms with E-state index < -0.39 is 11.7 Å². The monoisotopic (exact) mass is 382 g/mol. The molecule has 0 aromatic heterocycles. The van der Waals surface area contributed by atoms with Crippen molar-refractivity contribution in [3.05, 3.63) is 89.0 Å². The molecule has 0 saturated carbocycles. The van der Waals surface area contributed by atoms with Crippen molar-refractivity contribution < 1.29 is 18.0 Å². The Morgan fingerprint density at radius 3 is 2.36 bits per heavy atom. The quantitative estimate of drug-likeness (QED) is 0.651. The minimum Gasteiger partial charge on any atom is -0.322 e. The Balaban J connectivity index is 1.61. The van der Waals surface area contributed by atoms with Crippen molar-refractivity contribution >= 4 is 11.6 Å². The molecule has 142 valence electrons. The summed E-state index contributed by atoms with van der Waals surface area (Å²) in [5.41, 5.74) is 3.87. The Hall–Kier alpha value is -3.12. The van der Waals surface area contributed by atoms with Gasteiger partial charge in [-0.15, -0.1) is 0 Å². The lowest BCUT2D eigenvalue weighted by Crippen LogP contribution is -2.13. The maximum absolute atomic E-state index is 12.8. The highest BCUT2D eigenvalue weighted by molar-refractivity contribution is 6.08. The van der Waals surface area contributed by atoms with Gasteiger partial charge in [-0.25, -0.2) is 0 Å². The molecule has 1 aliphatic heterocycles. The van der Waals surface area contributed by atoms with Gasteiger partial charge in [-0.05, 0) is 52.6 Å². The summed E-state index contributed by atoms with van der Waals surface area (Å²) in [5.74, 6) is -0.304. The van der Waals surface area contributed by atoms with Gasteiger partial charge in [0.15, 0.2) is 0 Å². The number of carbonyl (C=O) groups is 1. The molecule has 0 radical (unpaired) electrons. The van der Waals surface area contributed by atoms with E-state index in [0.29, 0.717) is 22.4 Å². The normalized spacial score (nSPS) is 13.2. The number of nitrogens with one attached hydrogen (secondary N) is 2. The number of fused-ring (bicyclic) bond motifs is 1. The fraction of sp³-hybridized carbons (Fsp3) is 0.136. The molecular formula is C22H17F3N2O. The Labute approximate surface area is 160 Å². The van der Waals surface area contributed by atoms with Crippen molar-refractivity contribution in [2.24, 2.45) is 0 Å². The summed E-state index contributed by atoms with van der Waals surface area (Å²) in [6.45, 7) is 1.58. The van der Waals surface area contributed by atoms with Crippen molar-refractivity contribution in [3.63, 3.8) is 0 Å². The third kappa shape index (κ3) is 3.64. The predicted octanol–water partition coefficient (Wildman–Crippen LogP) is 5.23. The molecule has 4 rings (SSSR count). The van der Waals surface area contributed by atoms with Crippen LogP contribution < -0.4 is 10.6 Å². The van der Waals surface area contributed by atoms with Crippen molar-refractivity contribution in [2.75, 3.05) is 5.32 Å². The van der Waals surface area contributed by atoms with Gasteiger partial charge in [0.25, 0.3) is 5.91 Å². The van der Waals surface area contributed by atoms with Crippen LogP contribution in [0.5, 0.6) is 0 Å². The van der Waals surface area contributed by atoms with E-state index in [0.717, 1.165) is 30.8 Å². The van der Waals surface area contributed by atoms with E-state index in [9.17, 15) is 18.0 Å². The average molecular weight is 382 g/mol. The second kappa shape index (κ2) is 7.13. The number of amides is 1. The number of hydrogen-bond acceptors (Lipinski definition) is 2. The van der Waals surface area contributed by atoms with Crippen LogP contribution in [0.3, 0.4) is 0 Å². The minimum absolute atomic E-state index is 0.304. The van der Waals surface area contributed by atoms with Crippen LogP contribution in [-0.4, -0.2) is 5.91 Å². The van der Waals surface area contributed by atoms with Gasteiger partial charge >= 0.3 is 6.18 Å². The van der Waals surface area contributed by atoms with Gasteiger partial charge < -0.3 is 10.6 Å².